The summed E-state index contributed by atoms with van der Waals surface area (Å²) in [6.07, 6.45) is -11.5. The fraction of sp³-hybridized carbons (Fsp3) is 0.558. The van der Waals surface area contributed by atoms with E-state index >= 15 is 0 Å². The van der Waals surface area contributed by atoms with E-state index in [9.17, 15) is 44.4 Å². The number of esters is 3. The van der Waals surface area contributed by atoms with Crippen molar-refractivity contribution in [1.82, 2.24) is 5.32 Å². The van der Waals surface area contributed by atoms with Gasteiger partial charge in [-0.2, -0.15) is 0 Å². The Kier molecular flexibility index (Phi) is 11.2. The first-order valence-corrected chi connectivity index (χ1v) is 19.3. The summed E-state index contributed by atoms with van der Waals surface area (Å²) in [6, 6.07) is 14.6. The van der Waals surface area contributed by atoms with Gasteiger partial charge in [-0.05, 0) is 63.5 Å². The molecule has 1 saturated heterocycles. The van der Waals surface area contributed by atoms with E-state index in [0.29, 0.717) is 5.56 Å². The van der Waals surface area contributed by atoms with Crippen molar-refractivity contribution in [1.29, 1.82) is 0 Å². The highest BCUT2D eigenvalue weighted by Crippen LogP contribution is 2.64. The number of ketones is 1. The summed E-state index contributed by atoms with van der Waals surface area (Å²) in [7, 11) is 0. The minimum absolute atomic E-state index is 0.0637. The third-order valence-electron chi connectivity index (χ3n) is 12.6. The van der Waals surface area contributed by atoms with Crippen LogP contribution in [0.4, 0.5) is 4.79 Å². The summed E-state index contributed by atoms with van der Waals surface area (Å²) in [5, 5.41) is 51.6. The van der Waals surface area contributed by atoms with Crippen LogP contribution in [0.5, 0.6) is 0 Å². The number of amides is 1. The minimum atomic E-state index is -2.35. The van der Waals surface area contributed by atoms with Crippen LogP contribution >= 0.6 is 0 Å². The Labute approximate surface area is 336 Å². The summed E-state index contributed by atoms with van der Waals surface area (Å²) in [4.78, 5) is 68.9. The summed E-state index contributed by atoms with van der Waals surface area (Å²) < 4.78 is 29.5. The molecule has 2 saturated carbocycles. The molecule has 1 aliphatic heterocycles. The van der Waals surface area contributed by atoms with Crippen LogP contribution in [0.1, 0.15) is 90.2 Å². The van der Waals surface area contributed by atoms with Crippen molar-refractivity contribution in [2.24, 2.45) is 16.7 Å². The second-order valence-corrected chi connectivity index (χ2v) is 17.6. The van der Waals surface area contributed by atoms with Gasteiger partial charge in [-0.1, -0.05) is 62.4 Å². The zero-order valence-corrected chi connectivity index (χ0v) is 33.9. The van der Waals surface area contributed by atoms with Crippen LogP contribution in [0.2, 0.25) is 0 Å². The maximum atomic E-state index is 14.9. The van der Waals surface area contributed by atoms with Crippen molar-refractivity contribution in [3.8, 4) is 0 Å². The second kappa shape index (κ2) is 15.2. The van der Waals surface area contributed by atoms with Crippen LogP contribution in [0.3, 0.4) is 0 Å². The number of carbonyl (C=O) groups excluding carboxylic acids is 5. The Bertz CT molecular complexity index is 1980. The minimum Gasteiger partial charge on any atom is -0.456 e. The molecule has 3 fully saturated rings. The molecule has 1 amide bonds. The van der Waals surface area contributed by atoms with Crippen LogP contribution in [-0.2, 0) is 38.1 Å². The maximum absolute atomic E-state index is 14.9. The molecule has 15 nitrogen and oxygen atoms in total. The number of aliphatic hydroxyl groups excluding tert-OH is 3. The quantitative estimate of drug-likeness (QED) is 0.147. The standard InChI is InChI=1S/C43H53NO14/c1-22-26(55-37(51)32(48)30(24-15-11-9-12-16-24)44-38(52)58-39(3,4)5)20-43(53)35(56-36(50)25-17-13-10-14-18-25)33-41(8,34(49)31(47)29(22)40(43,6)7)27(46)19-28-42(33,21-54-28)57-23(2)45/h9-18,26-28,30-33,35,46-48,53H,19-21H2,1-8H3,(H,44,52)/t26-,27-,28?,30-,31+,32+,33?,35?,41?,42-,43+/m0/s1. The molecule has 6 rings (SSSR count). The van der Waals surface area contributed by atoms with Crippen molar-refractivity contribution in [3.05, 3.63) is 82.9 Å². The first-order chi connectivity index (χ1) is 27.0. The number of aliphatic hydroxyl groups is 4. The Morgan fingerprint density at radius 2 is 1.55 bits per heavy atom. The topological polar surface area (TPSA) is 224 Å². The summed E-state index contributed by atoms with van der Waals surface area (Å²) in [6.45, 7) is 11.8. The number of carbonyl (C=O) groups is 5. The Morgan fingerprint density at radius 3 is 2.10 bits per heavy atom. The number of hydrogen-bond acceptors (Lipinski definition) is 14. The molecule has 4 unspecified atom stereocenters. The van der Waals surface area contributed by atoms with E-state index in [-0.39, 0.29) is 29.7 Å². The van der Waals surface area contributed by atoms with Crippen molar-refractivity contribution in [2.45, 2.75) is 128 Å². The van der Waals surface area contributed by atoms with Crippen LogP contribution in [0.25, 0.3) is 0 Å². The molecular formula is C43H53NO14. The highest BCUT2D eigenvalue weighted by atomic mass is 16.6. The van der Waals surface area contributed by atoms with E-state index in [1.165, 1.54) is 26.0 Å². The van der Waals surface area contributed by atoms with Gasteiger partial charge in [0.1, 0.15) is 35.6 Å². The van der Waals surface area contributed by atoms with E-state index in [4.69, 9.17) is 23.7 Å². The monoisotopic (exact) mass is 807 g/mol. The molecule has 11 atom stereocenters. The Hall–Kier alpha value is -4.67. The number of hydrogen-bond donors (Lipinski definition) is 5. The predicted molar refractivity (Wildman–Crippen MR) is 204 cm³/mol. The van der Waals surface area contributed by atoms with E-state index in [2.05, 4.69) is 5.32 Å². The fourth-order valence-electron chi connectivity index (χ4n) is 9.56. The van der Waals surface area contributed by atoms with Crippen molar-refractivity contribution < 1.29 is 68.1 Å². The van der Waals surface area contributed by atoms with Crippen LogP contribution in [0.15, 0.2) is 71.8 Å². The second-order valence-electron chi connectivity index (χ2n) is 17.6. The Morgan fingerprint density at radius 1 is 0.948 bits per heavy atom. The first-order valence-electron chi connectivity index (χ1n) is 19.3. The van der Waals surface area contributed by atoms with Gasteiger partial charge in [0.05, 0.1) is 35.6 Å². The van der Waals surface area contributed by atoms with Crippen molar-refractivity contribution in [3.63, 3.8) is 0 Å². The molecule has 5 N–H and O–H groups in total. The SMILES string of the molecule is CC(=O)O[C@@]12COC1C[C@H](O)C1(C)C(=O)[C@H](O)C3=C(C)[C@@H](OC(=O)[C@H](O)[C@@H](NC(=O)OC(C)(C)C)c4ccccc4)C[C@@](O)(C(OC(=O)c4ccccc4)C12)C3(C)C. The Balaban J connectivity index is 1.49. The molecule has 2 aromatic rings. The molecule has 15 heteroatoms. The molecule has 0 aromatic heterocycles. The molecule has 4 aliphatic rings. The first kappa shape index (κ1) is 42.9. The fourth-order valence-corrected chi connectivity index (χ4v) is 9.56. The van der Waals surface area contributed by atoms with Gasteiger partial charge < -0.3 is 49.4 Å². The number of benzene rings is 2. The third-order valence-corrected chi connectivity index (χ3v) is 12.6. The lowest BCUT2D eigenvalue weighted by molar-refractivity contribution is -0.346. The van der Waals surface area contributed by atoms with E-state index in [1.807, 2.05) is 0 Å². The predicted octanol–water partition coefficient (Wildman–Crippen LogP) is 3.26. The lowest BCUT2D eigenvalue weighted by Gasteiger charge is -2.67. The van der Waals surface area contributed by atoms with Gasteiger partial charge in [0, 0.05) is 25.2 Å². The average molecular weight is 808 g/mol. The van der Waals surface area contributed by atoms with E-state index in [1.54, 1.807) is 83.1 Å². The molecule has 3 aliphatic carbocycles. The lowest BCUT2D eigenvalue weighted by Crippen LogP contribution is -2.81. The van der Waals surface area contributed by atoms with Gasteiger partial charge >= 0.3 is 24.0 Å². The van der Waals surface area contributed by atoms with E-state index in [0.717, 1.165) is 6.92 Å². The number of Topliss-reactive ketones (excluding diaryl/α,β-unsaturated/α-hetero) is 1. The summed E-state index contributed by atoms with van der Waals surface area (Å²) >= 11 is 0. The van der Waals surface area contributed by atoms with Gasteiger partial charge in [0.15, 0.2) is 17.5 Å². The number of alkyl carbamates (subject to hydrolysis) is 1. The van der Waals surface area contributed by atoms with Crippen LogP contribution in [0, 0.1) is 16.7 Å². The lowest BCUT2D eigenvalue weighted by atomic mass is 9.44. The maximum Gasteiger partial charge on any atom is 0.408 e. The normalized spacial score (nSPS) is 33.7. The number of fused-ring (bicyclic) bond motifs is 5. The van der Waals surface area contributed by atoms with Crippen LogP contribution in [-0.4, -0.2) is 110 Å². The zero-order valence-electron chi connectivity index (χ0n) is 33.9. The molecular weight excluding hydrogens is 754 g/mol. The number of ether oxygens (including phenoxy) is 5. The van der Waals surface area contributed by atoms with Crippen molar-refractivity contribution in [2.75, 3.05) is 6.61 Å². The number of nitrogens with one attached hydrogen (secondary N) is 1. The number of rotatable bonds is 8. The molecule has 1 heterocycles. The highest BCUT2D eigenvalue weighted by Gasteiger charge is 2.78. The van der Waals surface area contributed by atoms with E-state index < -0.39 is 112 Å². The summed E-state index contributed by atoms with van der Waals surface area (Å²) in [5.74, 6) is -5.36. The molecule has 2 bridgehead atoms. The summed E-state index contributed by atoms with van der Waals surface area (Å²) in [5.41, 5.74) is -8.14. The smallest absolute Gasteiger partial charge is 0.408 e. The largest absolute Gasteiger partial charge is 0.456 e. The van der Waals surface area contributed by atoms with Gasteiger partial charge in [-0.3, -0.25) is 9.59 Å². The van der Waals surface area contributed by atoms with Crippen LogP contribution < -0.4 is 5.32 Å². The zero-order chi connectivity index (χ0) is 42.7. The molecule has 2 aromatic carbocycles. The average Bonchev–Trinajstić information content (AvgIpc) is 3.14. The highest BCUT2D eigenvalue weighted by molar-refractivity contribution is 5.94. The molecule has 314 valence electrons. The van der Waals surface area contributed by atoms with Gasteiger partial charge in [0.2, 0.25) is 0 Å². The molecule has 58 heavy (non-hydrogen) atoms. The van der Waals surface area contributed by atoms with Gasteiger partial charge in [0.25, 0.3) is 0 Å². The third kappa shape index (κ3) is 7.10. The van der Waals surface area contributed by atoms with Gasteiger partial charge in [-0.25, -0.2) is 14.4 Å². The molecule has 0 spiro atoms. The molecule has 0 radical (unpaired) electrons. The van der Waals surface area contributed by atoms with Crippen molar-refractivity contribution >= 4 is 29.8 Å². The van der Waals surface area contributed by atoms with Gasteiger partial charge in [-0.15, -0.1) is 0 Å².